The minimum absolute atomic E-state index is 0.217. The molecule has 0 aromatic carbocycles. The van der Waals surface area contributed by atoms with Gasteiger partial charge in [-0.3, -0.25) is 4.99 Å². The third kappa shape index (κ3) is 0.601. The van der Waals surface area contributed by atoms with Crippen molar-refractivity contribution in [1.82, 2.24) is 5.32 Å². The Morgan fingerprint density at radius 3 is 2.00 bits per heavy atom. The van der Waals surface area contributed by atoms with E-state index in [0.717, 1.165) is 5.84 Å². The van der Waals surface area contributed by atoms with E-state index in [1.54, 1.807) is 7.05 Å². The van der Waals surface area contributed by atoms with Crippen molar-refractivity contribution in [2.45, 2.75) is 19.4 Å². The predicted molar refractivity (Wildman–Crippen MR) is 30.6 cm³/mol. The van der Waals surface area contributed by atoms with Crippen LogP contribution in [0, 0.1) is 0 Å². The van der Waals surface area contributed by atoms with Crippen LogP contribution in [0.25, 0.3) is 0 Å². The minimum Gasteiger partial charge on any atom is -0.360 e. The Morgan fingerprint density at radius 2 is 2.00 bits per heavy atom. The second-order valence-corrected chi connectivity index (χ2v) is 2.32. The van der Waals surface area contributed by atoms with Crippen molar-refractivity contribution in [3.8, 4) is 0 Å². The number of nitrogens with zero attached hydrogens (tertiary/aromatic N) is 1. The normalized spacial score (nSPS) is 29.9. The van der Waals surface area contributed by atoms with Crippen molar-refractivity contribution >= 4 is 5.84 Å². The summed E-state index contributed by atoms with van der Waals surface area (Å²) in [5.41, 5.74) is 0.217. The van der Waals surface area contributed by atoms with Crippen molar-refractivity contribution in [2.24, 2.45) is 4.99 Å². The molecule has 0 bridgehead atoms. The van der Waals surface area contributed by atoms with Crippen molar-refractivity contribution < 1.29 is 0 Å². The van der Waals surface area contributed by atoms with Crippen LogP contribution in [0.4, 0.5) is 0 Å². The highest BCUT2D eigenvalue weighted by molar-refractivity contribution is 6.05. The monoisotopic (exact) mass is 98.1 g/mol. The van der Waals surface area contributed by atoms with E-state index in [-0.39, 0.29) is 5.54 Å². The average molecular weight is 98.1 g/mol. The van der Waals surface area contributed by atoms with Gasteiger partial charge in [0, 0.05) is 7.05 Å². The lowest BCUT2D eigenvalue weighted by Crippen LogP contribution is -1.99. The summed E-state index contributed by atoms with van der Waals surface area (Å²) in [5, 5.41) is 3.11. The molecule has 1 saturated heterocycles. The first-order valence-corrected chi connectivity index (χ1v) is 2.42. The number of amidine groups is 1. The number of hydrogen-bond acceptors (Lipinski definition) is 1. The highest BCUT2D eigenvalue weighted by atomic mass is 15.2. The molecule has 1 N–H and O–H groups in total. The standard InChI is InChI=1S/C5H10N2/c1-5(2)4(6-3)7-5/h1-3H3,(H,6,7). The van der Waals surface area contributed by atoms with Gasteiger partial charge in [0.25, 0.3) is 0 Å². The quantitative estimate of drug-likeness (QED) is 0.437. The van der Waals surface area contributed by atoms with Crippen molar-refractivity contribution in [1.29, 1.82) is 0 Å². The topological polar surface area (TPSA) is 34.3 Å². The molecule has 0 radical (unpaired) electrons. The first kappa shape index (κ1) is 4.62. The zero-order valence-electron chi connectivity index (χ0n) is 4.95. The number of aliphatic imine (C=N–C) groups is 1. The lowest BCUT2D eigenvalue weighted by molar-refractivity contribution is 0.803. The van der Waals surface area contributed by atoms with Crippen LogP contribution in [0.2, 0.25) is 0 Å². The summed E-state index contributed by atoms with van der Waals surface area (Å²) in [5.74, 6) is 1.12. The van der Waals surface area contributed by atoms with Gasteiger partial charge in [-0.25, -0.2) is 0 Å². The fourth-order valence-corrected chi connectivity index (χ4v) is 0.600. The summed E-state index contributed by atoms with van der Waals surface area (Å²) in [6, 6.07) is 0. The summed E-state index contributed by atoms with van der Waals surface area (Å²) in [7, 11) is 1.80. The van der Waals surface area contributed by atoms with E-state index in [1.165, 1.54) is 0 Å². The van der Waals surface area contributed by atoms with Crippen LogP contribution in [0.5, 0.6) is 0 Å². The maximum atomic E-state index is 3.96. The van der Waals surface area contributed by atoms with Crippen LogP contribution in [0.1, 0.15) is 13.8 Å². The fraction of sp³-hybridized carbons (Fsp3) is 0.800. The molecule has 1 rings (SSSR count). The van der Waals surface area contributed by atoms with Gasteiger partial charge in [-0.2, -0.15) is 0 Å². The van der Waals surface area contributed by atoms with E-state index in [1.807, 2.05) is 0 Å². The van der Waals surface area contributed by atoms with Crippen LogP contribution in [-0.4, -0.2) is 18.4 Å². The second-order valence-electron chi connectivity index (χ2n) is 2.32. The van der Waals surface area contributed by atoms with E-state index in [9.17, 15) is 0 Å². The molecular formula is C5H10N2. The van der Waals surface area contributed by atoms with Gasteiger partial charge < -0.3 is 5.32 Å². The third-order valence-corrected chi connectivity index (χ3v) is 1.18. The zero-order chi connectivity index (χ0) is 5.49. The average Bonchev–Trinajstić information content (AvgIpc) is 2.13. The van der Waals surface area contributed by atoms with Crippen LogP contribution < -0.4 is 5.32 Å². The van der Waals surface area contributed by atoms with Gasteiger partial charge >= 0.3 is 0 Å². The Bertz CT molecular complexity index is 113. The van der Waals surface area contributed by atoms with Crippen molar-refractivity contribution in [2.75, 3.05) is 7.05 Å². The van der Waals surface area contributed by atoms with Gasteiger partial charge in [-0.15, -0.1) is 0 Å². The molecule has 0 aromatic heterocycles. The first-order chi connectivity index (χ1) is 3.17. The summed E-state index contributed by atoms with van der Waals surface area (Å²) in [4.78, 5) is 3.96. The summed E-state index contributed by atoms with van der Waals surface area (Å²) in [6.45, 7) is 4.21. The van der Waals surface area contributed by atoms with Gasteiger partial charge in [-0.1, -0.05) is 0 Å². The Kier molecular flexibility index (Phi) is 0.659. The van der Waals surface area contributed by atoms with Crippen molar-refractivity contribution in [3.63, 3.8) is 0 Å². The van der Waals surface area contributed by atoms with Crippen LogP contribution >= 0.6 is 0 Å². The number of hydrogen-bond donors (Lipinski definition) is 1. The molecule has 0 amide bonds. The summed E-state index contributed by atoms with van der Waals surface area (Å²) >= 11 is 0. The molecule has 1 aliphatic rings. The molecule has 2 nitrogen and oxygen atoms in total. The summed E-state index contributed by atoms with van der Waals surface area (Å²) in [6.07, 6.45) is 0. The Labute approximate surface area is 43.6 Å². The molecule has 1 aliphatic heterocycles. The molecule has 0 aliphatic carbocycles. The van der Waals surface area contributed by atoms with Crippen molar-refractivity contribution in [3.05, 3.63) is 0 Å². The second kappa shape index (κ2) is 0.997. The van der Waals surface area contributed by atoms with E-state index >= 15 is 0 Å². The Hall–Kier alpha value is -0.530. The van der Waals surface area contributed by atoms with E-state index in [2.05, 4.69) is 24.2 Å². The van der Waals surface area contributed by atoms with Gasteiger partial charge in [0.1, 0.15) is 5.84 Å². The number of nitrogens with one attached hydrogen (secondary N) is 1. The van der Waals surface area contributed by atoms with Crippen LogP contribution in [0.15, 0.2) is 4.99 Å². The largest absolute Gasteiger partial charge is 0.360 e. The van der Waals surface area contributed by atoms with Gasteiger partial charge in [-0.05, 0) is 13.8 Å². The SMILES string of the molecule is CN=C1NC1(C)C. The molecule has 2 heteroatoms. The molecule has 0 aromatic rings. The molecule has 0 atom stereocenters. The molecule has 0 spiro atoms. The molecule has 0 saturated carbocycles. The predicted octanol–water partition coefficient (Wildman–Crippen LogP) is 0.397. The molecule has 40 valence electrons. The highest BCUT2D eigenvalue weighted by Crippen LogP contribution is 2.16. The van der Waals surface area contributed by atoms with E-state index < -0.39 is 0 Å². The highest BCUT2D eigenvalue weighted by Gasteiger charge is 2.39. The number of rotatable bonds is 0. The summed E-state index contributed by atoms with van der Waals surface area (Å²) < 4.78 is 0. The molecule has 7 heavy (non-hydrogen) atoms. The van der Waals surface area contributed by atoms with Crippen LogP contribution in [0.3, 0.4) is 0 Å². The molecule has 0 unspecified atom stereocenters. The third-order valence-electron chi connectivity index (χ3n) is 1.18. The first-order valence-electron chi connectivity index (χ1n) is 2.42. The lowest BCUT2D eigenvalue weighted by atomic mass is 10.2. The van der Waals surface area contributed by atoms with E-state index in [4.69, 9.17) is 0 Å². The maximum Gasteiger partial charge on any atom is 0.122 e. The van der Waals surface area contributed by atoms with Gasteiger partial charge in [0.15, 0.2) is 0 Å². The Balaban J connectivity index is 2.61. The Morgan fingerprint density at radius 1 is 1.57 bits per heavy atom. The zero-order valence-corrected chi connectivity index (χ0v) is 4.95. The fourth-order valence-electron chi connectivity index (χ4n) is 0.600. The van der Waals surface area contributed by atoms with Gasteiger partial charge in [0.05, 0.1) is 5.54 Å². The van der Waals surface area contributed by atoms with Gasteiger partial charge in [0.2, 0.25) is 0 Å². The van der Waals surface area contributed by atoms with Crippen LogP contribution in [-0.2, 0) is 0 Å². The lowest BCUT2D eigenvalue weighted by Gasteiger charge is -1.83. The minimum atomic E-state index is 0.217. The smallest absolute Gasteiger partial charge is 0.122 e. The molecule has 1 heterocycles. The maximum absolute atomic E-state index is 3.96. The molecular weight excluding hydrogens is 88.1 g/mol. The van der Waals surface area contributed by atoms with E-state index in [0.29, 0.717) is 0 Å². The molecule has 1 fully saturated rings.